The Bertz CT molecular complexity index is 608. The molecule has 0 spiro atoms. The number of methoxy groups -OCH3 is 1. The Morgan fingerprint density at radius 2 is 1.95 bits per heavy atom. The minimum atomic E-state index is -0.566. The van der Waals surface area contributed by atoms with Crippen molar-refractivity contribution in [2.45, 2.75) is 13.0 Å². The highest BCUT2D eigenvalue weighted by Gasteiger charge is 2.08. The van der Waals surface area contributed by atoms with E-state index in [1.54, 1.807) is 56.5 Å². The fraction of sp³-hybridized carbons (Fsp3) is 0.188. The number of aliphatic hydroxyl groups excluding tert-OH is 1. The molecule has 0 saturated heterocycles. The molecule has 2 aromatic rings. The van der Waals surface area contributed by atoms with E-state index in [0.29, 0.717) is 17.0 Å². The average Bonchev–Trinajstić information content (AvgIpc) is 2.47. The van der Waals surface area contributed by atoms with E-state index in [1.165, 1.54) is 0 Å². The summed E-state index contributed by atoms with van der Waals surface area (Å²) < 4.78 is 5.09. The number of ether oxygens (including phenoxy) is 1. The Morgan fingerprint density at radius 1 is 1.20 bits per heavy atom. The van der Waals surface area contributed by atoms with Gasteiger partial charge in [-0.3, -0.25) is 4.79 Å². The Labute approximate surface area is 118 Å². The molecule has 0 aromatic heterocycles. The van der Waals surface area contributed by atoms with Gasteiger partial charge in [0.15, 0.2) is 0 Å². The molecule has 104 valence electrons. The van der Waals surface area contributed by atoms with Crippen LogP contribution in [0.5, 0.6) is 5.75 Å². The summed E-state index contributed by atoms with van der Waals surface area (Å²) in [6, 6.07) is 14.1. The number of carbonyl (C=O) groups is 1. The molecule has 0 aliphatic carbocycles. The molecular formula is C16H17NO3. The molecule has 4 nitrogen and oxygen atoms in total. The van der Waals surface area contributed by atoms with Crippen LogP contribution in [0.15, 0.2) is 48.5 Å². The molecule has 1 amide bonds. The van der Waals surface area contributed by atoms with Gasteiger partial charge in [-0.05, 0) is 42.8 Å². The maximum absolute atomic E-state index is 12.1. The number of aliphatic hydroxyl groups is 1. The van der Waals surface area contributed by atoms with E-state index >= 15 is 0 Å². The standard InChI is InChI=1S/C16H17NO3/c1-11(18)12-5-3-7-14(9-12)17-16(19)13-6-4-8-15(10-13)20-2/h3-11,18H,1-2H3,(H,17,19)/t11-/m0/s1. The van der Waals surface area contributed by atoms with E-state index in [9.17, 15) is 9.90 Å². The molecule has 2 rings (SSSR count). The van der Waals surface area contributed by atoms with Crippen molar-refractivity contribution in [1.82, 2.24) is 0 Å². The van der Waals surface area contributed by atoms with Crippen molar-refractivity contribution in [3.63, 3.8) is 0 Å². The normalized spacial score (nSPS) is 11.8. The van der Waals surface area contributed by atoms with Gasteiger partial charge in [0.2, 0.25) is 0 Å². The minimum absolute atomic E-state index is 0.216. The van der Waals surface area contributed by atoms with Gasteiger partial charge in [0, 0.05) is 11.3 Å². The lowest BCUT2D eigenvalue weighted by molar-refractivity contribution is 0.102. The second-order valence-electron chi connectivity index (χ2n) is 4.49. The van der Waals surface area contributed by atoms with E-state index in [-0.39, 0.29) is 5.91 Å². The molecular weight excluding hydrogens is 254 g/mol. The summed E-state index contributed by atoms with van der Waals surface area (Å²) in [5, 5.41) is 12.3. The number of hydrogen-bond donors (Lipinski definition) is 2. The first kappa shape index (κ1) is 14.1. The molecule has 0 aliphatic heterocycles. The first-order valence-electron chi connectivity index (χ1n) is 6.33. The molecule has 0 aliphatic rings. The van der Waals surface area contributed by atoms with Crippen LogP contribution in [0.1, 0.15) is 28.9 Å². The van der Waals surface area contributed by atoms with Crippen molar-refractivity contribution >= 4 is 11.6 Å². The van der Waals surface area contributed by atoms with Crippen LogP contribution in [-0.4, -0.2) is 18.1 Å². The molecule has 4 heteroatoms. The topological polar surface area (TPSA) is 58.6 Å². The molecule has 1 atom stereocenters. The predicted octanol–water partition coefficient (Wildman–Crippen LogP) is 3.00. The van der Waals surface area contributed by atoms with Gasteiger partial charge in [-0.25, -0.2) is 0 Å². The van der Waals surface area contributed by atoms with Gasteiger partial charge in [0.05, 0.1) is 13.2 Å². The highest BCUT2D eigenvalue weighted by molar-refractivity contribution is 6.04. The van der Waals surface area contributed by atoms with E-state index in [0.717, 1.165) is 5.56 Å². The van der Waals surface area contributed by atoms with Gasteiger partial charge >= 0.3 is 0 Å². The fourth-order valence-electron chi connectivity index (χ4n) is 1.84. The third kappa shape index (κ3) is 3.36. The van der Waals surface area contributed by atoms with Gasteiger partial charge in [-0.2, -0.15) is 0 Å². The van der Waals surface area contributed by atoms with Gasteiger partial charge in [0.25, 0.3) is 5.91 Å². The van der Waals surface area contributed by atoms with Gasteiger partial charge in [-0.1, -0.05) is 18.2 Å². The number of carbonyl (C=O) groups excluding carboxylic acids is 1. The maximum atomic E-state index is 12.1. The van der Waals surface area contributed by atoms with Crippen LogP contribution in [0.2, 0.25) is 0 Å². The average molecular weight is 271 g/mol. The van der Waals surface area contributed by atoms with Crippen LogP contribution >= 0.6 is 0 Å². The summed E-state index contributed by atoms with van der Waals surface area (Å²) in [7, 11) is 1.56. The Morgan fingerprint density at radius 3 is 2.65 bits per heavy atom. The number of benzene rings is 2. The summed E-state index contributed by atoms with van der Waals surface area (Å²) in [6.07, 6.45) is -0.566. The lowest BCUT2D eigenvalue weighted by atomic mass is 10.1. The van der Waals surface area contributed by atoms with E-state index in [4.69, 9.17) is 4.74 Å². The number of nitrogens with one attached hydrogen (secondary N) is 1. The van der Waals surface area contributed by atoms with Crippen LogP contribution in [0.3, 0.4) is 0 Å². The SMILES string of the molecule is COc1cccc(C(=O)Nc2cccc([C@H](C)O)c2)c1. The fourth-order valence-corrected chi connectivity index (χ4v) is 1.84. The monoisotopic (exact) mass is 271 g/mol. The van der Waals surface area contributed by atoms with E-state index in [2.05, 4.69) is 5.32 Å². The summed E-state index contributed by atoms with van der Waals surface area (Å²) >= 11 is 0. The number of amides is 1. The smallest absolute Gasteiger partial charge is 0.255 e. The summed E-state index contributed by atoms with van der Waals surface area (Å²) in [6.45, 7) is 1.68. The largest absolute Gasteiger partial charge is 0.497 e. The third-order valence-corrected chi connectivity index (χ3v) is 2.96. The van der Waals surface area contributed by atoms with Crippen molar-refractivity contribution in [2.24, 2.45) is 0 Å². The molecule has 0 heterocycles. The Balaban J connectivity index is 2.16. The van der Waals surface area contributed by atoms with Crippen LogP contribution in [0.25, 0.3) is 0 Å². The zero-order valence-corrected chi connectivity index (χ0v) is 11.5. The quantitative estimate of drug-likeness (QED) is 0.898. The summed E-state index contributed by atoms with van der Waals surface area (Å²) in [5.41, 5.74) is 1.93. The second kappa shape index (κ2) is 6.21. The molecule has 2 N–H and O–H groups in total. The lowest BCUT2D eigenvalue weighted by Crippen LogP contribution is -2.12. The van der Waals surface area contributed by atoms with Crippen molar-refractivity contribution in [3.05, 3.63) is 59.7 Å². The lowest BCUT2D eigenvalue weighted by Gasteiger charge is -2.09. The number of anilines is 1. The van der Waals surface area contributed by atoms with Crippen LogP contribution in [0, 0.1) is 0 Å². The first-order valence-corrected chi connectivity index (χ1v) is 6.33. The predicted molar refractivity (Wildman–Crippen MR) is 78.0 cm³/mol. The molecule has 0 bridgehead atoms. The molecule has 0 saturated carbocycles. The van der Waals surface area contributed by atoms with E-state index < -0.39 is 6.10 Å². The number of hydrogen-bond acceptors (Lipinski definition) is 3. The molecule has 20 heavy (non-hydrogen) atoms. The van der Waals surface area contributed by atoms with Crippen molar-refractivity contribution in [3.8, 4) is 5.75 Å². The molecule has 0 fully saturated rings. The number of rotatable bonds is 4. The minimum Gasteiger partial charge on any atom is -0.497 e. The molecule has 0 radical (unpaired) electrons. The summed E-state index contributed by atoms with van der Waals surface area (Å²) in [5.74, 6) is 0.419. The van der Waals surface area contributed by atoms with Crippen LogP contribution in [0.4, 0.5) is 5.69 Å². The zero-order chi connectivity index (χ0) is 14.5. The van der Waals surface area contributed by atoms with Gasteiger partial charge < -0.3 is 15.2 Å². The van der Waals surface area contributed by atoms with Gasteiger partial charge in [0.1, 0.15) is 5.75 Å². The second-order valence-corrected chi connectivity index (χ2v) is 4.49. The molecule has 2 aromatic carbocycles. The highest BCUT2D eigenvalue weighted by atomic mass is 16.5. The third-order valence-electron chi connectivity index (χ3n) is 2.96. The van der Waals surface area contributed by atoms with Gasteiger partial charge in [-0.15, -0.1) is 0 Å². The van der Waals surface area contributed by atoms with Crippen LogP contribution in [-0.2, 0) is 0 Å². The van der Waals surface area contributed by atoms with Crippen molar-refractivity contribution in [1.29, 1.82) is 0 Å². The Kier molecular flexibility index (Phi) is 4.38. The maximum Gasteiger partial charge on any atom is 0.255 e. The molecule has 0 unspecified atom stereocenters. The van der Waals surface area contributed by atoms with E-state index in [1.807, 2.05) is 6.07 Å². The zero-order valence-electron chi connectivity index (χ0n) is 11.5. The first-order chi connectivity index (χ1) is 9.60. The summed E-state index contributed by atoms with van der Waals surface area (Å²) in [4.78, 5) is 12.1. The Hall–Kier alpha value is -2.33. The highest BCUT2D eigenvalue weighted by Crippen LogP contribution is 2.18. The van der Waals surface area contributed by atoms with Crippen molar-refractivity contribution in [2.75, 3.05) is 12.4 Å². The van der Waals surface area contributed by atoms with Crippen molar-refractivity contribution < 1.29 is 14.6 Å². The van der Waals surface area contributed by atoms with Crippen LogP contribution < -0.4 is 10.1 Å².